The number of benzene rings is 2. The zero-order chi connectivity index (χ0) is 34.1. The predicted octanol–water partition coefficient (Wildman–Crippen LogP) is 10.1. The van der Waals surface area contributed by atoms with Gasteiger partial charge >= 0.3 is 12.3 Å². The van der Waals surface area contributed by atoms with Crippen molar-refractivity contribution in [1.82, 2.24) is 15.3 Å². The first-order chi connectivity index (χ1) is 21.2. The van der Waals surface area contributed by atoms with Gasteiger partial charge in [0.1, 0.15) is 5.60 Å². The van der Waals surface area contributed by atoms with E-state index in [2.05, 4.69) is 49.1 Å². The molecule has 6 nitrogen and oxygen atoms in total. The van der Waals surface area contributed by atoms with E-state index >= 15 is 0 Å². The number of alkyl halides is 3. The lowest BCUT2D eigenvalue weighted by molar-refractivity contribution is -0.137. The van der Waals surface area contributed by atoms with Gasteiger partial charge < -0.3 is 14.5 Å². The molecule has 4 aromatic rings. The molecule has 0 spiro atoms. The van der Waals surface area contributed by atoms with Gasteiger partial charge in [0, 0.05) is 30.3 Å². The number of amides is 1. The van der Waals surface area contributed by atoms with E-state index in [0.717, 1.165) is 38.4 Å². The molecular formula is C34H41F4N3O3SSi. The third kappa shape index (κ3) is 9.13. The van der Waals surface area contributed by atoms with Crippen molar-refractivity contribution in [2.24, 2.45) is 0 Å². The first-order valence-electron chi connectivity index (χ1n) is 15.1. The number of carbonyl (C=O) groups excluding carboxylic acids is 1. The van der Waals surface area contributed by atoms with Gasteiger partial charge in [0.25, 0.3) is 0 Å². The molecule has 0 aliphatic heterocycles. The van der Waals surface area contributed by atoms with Crippen LogP contribution < -0.4 is 5.32 Å². The molecule has 2 heterocycles. The number of alkyl carbamates (subject to hydrolysis) is 1. The number of halogens is 4. The summed E-state index contributed by atoms with van der Waals surface area (Å²) in [5, 5.41) is 5.11. The highest BCUT2D eigenvalue weighted by Gasteiger charge is 2.42. The van der Waals surface area contributed by atoms with Crippen LogP contribution in [0.25, 0.3) is 21.2 Å². The largest absolute Gasteiger partial charge is 0.444 e. The lowest BCUT2D eigenvalue weighted by Crippen LogP contribution is -2.49. The van der Waals surface area contributed by atoms with Crippen LogP contribution in [0.1, 0.15) is 70.2 Å². The minimum atomic E-state index is -4.48. The molecule has 248 valence electrons. The van der Waals surface area contributed by atoms with Crippen molar-refractivity contribution in [3.8, 4) is 10.4 Å². The SMILES string of the molecule is CC(C)(C)OC(=O)N[C@H](CCc1ncc(-c2ccc3cnc(F)cc3c2)s1)[C@@H](O[Si](C)(C)C(C)(C)C)c1ccc(C(F)(F)F)cc1. The number of aromatic nitrogens is 2. The summed E-state index contributed by atoms with van der Waals surface area (Å²) in [6.45, 7) is 15.6. The molecule has 4 rings (SSSR count). The molecule has 0 bridgehead atoms. The van der Waals surface area contributed by atoms with Gasteiger partial charge in [-0.1, -0.05) is 45.0 Å². The number of aryl methyl sites for hydroxylation is 1. The number of nitrogens with zero attached hydrogens (tertiary/aromatic N) is 2. The van der Waals surface area contributed by atoms with E-state index in [9.17, 15) is 22.4 Å². The van der Waals surface area contributed by atoms with Crippen LogP contribution in [0.2, 0.25) is 18.1 Å². The van der Waals surface area contributed by atoms with Crippen LogP contribution in [0.4, 0.5) is 22.4 Å². The molecule has 0 unspecified atom stereocenters. The molecule has 0 saturated heterocycles. The fourth-order valence-electron chi connectivity index (χ4n) is 4.60. The minimum absolute atomic E-state index is 0.212. The van der Waals surface area contributed by atoms with Crippen molar-refractivity contribution >= 4 is 36.5 Å². The molecule has 46 heavy (non-hydrogen) atoms. The number of carbonyl (C=O) groups is 1. The van der Waals surface area contributed by atoms with Crippen molar-refractivity contribution in [2.45, 2.75) is 96.4 Å². The van der Waals surface area contributed by atoms with E-state index in [4.69, 9.17) is 9.16 Å². The topological polar surface area (TPSA) is 73.3 Å². The second-order valence-electron chi connectivity index (χ2n) is 13.9. The molecule has 0 aliphatic carbocycles. The van der Waals surface area contributed by atoms with Crippen LogP contribution >= 0.6 is 11.3 Å². The maximum Gasteiger partial charge on any atom is 0.416 e. The number of fused-ring (bicyclic) bond motifs is 1. The standard InChI is InChI=1S/C34H41F4N3O3SSi/c1-32(2,3)43-31(42)41-26(30(44-46(7,8)33(4,5)6)21-11-13-25(14-12-21)34(36,37)38)15-16-29-40-20-27(45-29)22-9-10-23-19-39-28(35)18-24(23)17-22/h9-14,17-20,26,30H,15-16H2,1-8H3,(H,41,42)/t26-,30+/m1/s1. The molecule has 0 aliphatic rings. The van der Waals surface area contributed by atoms with Gasteiger partial charge in [-0.15, -0.1) is 11.3 Å². The molecule has 0 fully saturated rings. The molecule has 0 saturated carbocycles. The highest BCUT2D eigenvalue weighted by Crippen LogP contribution is 2.42. The highest BCUT2D eigenvalue weighted by molar-refractivity contribution is 7.15. The average Bonchev–Trinajstić information content (AvgIpc) is 3.41. The van der Waals surface area contributed by atoms with Gasteiger partial charge in [0.15, 0.2) is 8.32 Å². The van der Waals surface area contributed by atoms with Crippen molar-refractivity contribution in [2.75, 3.05) is 0 Å². The number of pyridine rings is 1. The Balaban J connectivity index is 1.67. The van der Waals surface area contributed by atoms with Gasteiger partial charge in [0.05, 0.1) is 27.6 Å². The van der Waals surface area contributed by atoms with Gasteiger partial charge in [-0.25, -0.2) is 14.8 Å². The smallest absolute Gasteiger partial charge is 0.416 e. The average molecular weight is 676 g/mol. The van der Waals surface area contributed by atoms with Gasteiger partial charge in [-0.3, -0.25) is 0 Å². The number of thiazole rings is 1. The molecule has 2 aromatic carbocycles. The fourth-order valence-corrected chi connectivity index (χ4v) is 6.82. The second-order valence-corrected chi connectivity index (χ2v) is 19.8. The van der Waals surface area contributed by atoms with Crippen molar-refractivity contribution in [1.29, 1.82) is 0 Å². The van der Waals surface area contributed by atoms with E-state index in [-0.39, 0.29) is 5.04 Å². The second kappa shape index (κ2) is 13.4. The normalized spacial score (nSPS) is 14.3. The Kier molecular flexibility index (Phi) is 10.3. The van der Waals surface area contributed by atoms with E-state index in [1.54, 1.807) is 27.0 Å². The molecule has 0 radical (unpaired) electrons. The monoisotopic (exact) mass is 675 g/mol. The van der Waals surface area contributed by atoms with Crippen LogP contribution in [0.15, 0.2) is 60.9 Å². The molecule has 2 aromatic heterocycles. The maximum atomic E-state index is 13.7. The van der Waals surface area contributed by atoms with E-state index in [0.29, 0.717) is 18.4 Å². The summed E-state index contributed by atoms with van der Waals surface area (Å²) in [6.07, 6.45) is -1.81. The first kappa shape index (κ1) is 35.5. The molecule has 1 amide bonds. The summed E-state index contributed by atoms with van der Waals surface area (Å²) in [6, 6.07) is 11.4. The number of nitrogens with one attached hydrogen (secondary N) is 1. The van der Waals surface area contributed by atoms with Crippen LogP contribution in [-0.4, -0.2) is 36.0 Å². The Hall–Kier alpha value is -3.35. The Labute approximate surface area is 272 Å². The number of hydrogen-bond acceptors (Lipinski definition) is 6. The zero-order valence-electron chi connectivity index (χ0n) is 27.4. The van der Waals surface area contributed by atoms with Crippen LogP contribution in [0, 0.1) is 5.95 Å². The van der Waals surface area contributed by atoms with Crippen molar-refractivity contribution < 1.29 is 31.5 Å². The summed E-state index contributed by atoms with van der Waals surface area (Å²) >= 11 is 1.48. The summed E-state index contributed by atoms with van der Waals surface area (Å²) in [5.41, 5.74) is -0.116. The lowest BCUT2D eigenvalue weighted by Gasteiger charge is -2.42. The predicted molar refractivity (Wildman–Crippen MR) is 177 cm³/mol. The molecule has 12 heteroatoms. The third-order valence-electron chi connectivity index (χ3n) is 8.06. The third-order valence-corrected chi connectivity index (χ3v) is 13.6. The number of rotatable bonds is 9. The Morgan fingerprint density at radius 2 is 1.61 bits per heavy atom. The number of ether oxygens (including phenoxy) is 1. The van der Waals surface area contributed by atoms with Gasteiger partial charge in [-0.05, 0) is 80.0 Å². The Morgan fingerprint density at radius 1 is 0.935 bits per heavy atom. The minimum Gasteiger partial charge on any atom is -0.444 e. The molecular weight excluding hydrogens is 635 g/mol. The Bertz CT molecular complexity index is 1660. The fraction of sp³-hybridized carbons (Fsp3) is 0.441. The molecule has 1 N–H and O–H groups in total. The van der Waals surface area contributed by atoms with E-state index in [1.807, 2.05) is 18.2 Å². The zero-order valence-corrected chi connectivity index (χ0v) is 29.2. The highest BCUT2D eigenvalue weighted by atomic mass is 32.1. The van der Waals surface area contributed by atoms with Crippen LogP contribution in [-0.2, 0) is 21.8 Å². The lowest BCUT2D eigenvalue weighted by atomic mass is 9.97. The Morgan fingerprint density at radius 3 is 2.22 bits per heavy atom. The van der Waals surface area contributed by atoms with Gasteiger partial charge in [0.2, 0.25) is 5.95 Å². The van der Waals surface area contributed by atoms with E-state index < -0.39 is 49.8 Å². The van der Waals surface area contributed by atoms with Gasteiger partial charge in [-0.2, -0.15) is 17.6 Å². The first-order valence-corrected chi connectivity index (χ1v) is 18.8. The molecule has 2 atom stereocenters. The quantitative estimate of drug-likeness (QED) is 0.109. The summed E-state index contributed by atoms with van der Waals surface area (Å²) in [4.78, 5) is 22.3. The van der Waals surface area contributed by atoms with Crippen molar-refractivity contribution in [3.63, 3.8) is 0 Å². The number of hydrogen-bond donors (Lipinski definition) is 1. The maximum absolute atomic E-state index is 13.7. The summed E-state index contributed by atoms with van der Waals surface area (Å²) in [5.74, 6) is -0.555. The van der Waals surface area contributed by atoms with E-state index in [1.165, 1.54) is 35.7 Å². The van der Waals surface area contributed by atoms with Crippen molar-refractivity contribution in [3.05, 3.63) is 83.0 Å². The van der Waals surface area contributed by atoms with Crippen LogP contribution in [0.3, 0.4) is 0 Å². The summed E-state index contributed by atoms with van der Waals surface area (Å²) in [7, 11) is -2.50. The van der Waals surface area contributed by atoms with Crippen LogP contribution in [0.5, 0.6) is 0 Å². The summed E-state index contributed by atoms with van der Waals surface area (Å²) < 4.78 is 66.5.